The van der Waals surface area contributed by atoms with Gasteiger partial charge in [0.15, 0.2) is 0 Å². The van der Waals surface area contributed by atoms with Gasteiger partial charge >= 0.3 is 5.97 Å². The van der Waals surface area contributed by atoms with Gasteiger partial charge in [-0.1, -0.05) is 0 Å². The monoisotopic (exact) mass is 247 g/mol. The first-order valence-corrected chi connectivity index (χ1v) is 6.39. The van der Waals surface area contributed by atoms with Gasteiger partial charge in [0, 0.05) is 32.4 Å². The number of carbonyl (C=O) groups is 1. The van der Waals surface area contributed by atoms with Crippen molar-refractivity contribution in [2.45, 2.75) is 13.0 Å². The summed E-state index contributed by atoms with van der Waals surface area (Å²) in [6, 6.07) is 2.47. The first-order valence-electron chi connectivity index (χ1n) is 6.39. The maximum absolute atomic E-state index is 11.7. The molecule has 18 heavy (non-hydrogen) atoms. The molecule has 0 atom stereocenters. The number of hydrogen-bond acceptors (Lipinski definition) is 5. The van der Waals surface area contributed by atoms with Crippen molar-refractivity contribution >= 4 is 11.7 Å². The van der Waals surface area contributed by atoms with Gasteiger partial charge in [0.25, 0.3) is 0 Å². The van der Waals surface area contributed by atoms with Crippen molar-refractivity contribution in [2.24, 2.45) is 0 Å². The van der Waals surface area contributed by atoms with Crippen LogP contribution in [0.2, 0.25) is 0 Å². The van der Waals surface area contributed by atoms with Crippen molar-refractivity contribution in [3.8, 4) is 0 Å². The number of esters is 1. The van der Waals surface area contributed by atoms with E-state index in [9.17, 15) is 4.79 Å². The highest BCUT2D eigenvalue weighted by Crippen LogP contribution is 2.26. The molecule has 0 spiro atoms. The van der Waals surface area contributed by atoms with Crippen LogP contribution in [0.15, 0.2) is 18.5 Å². The van der Waals surface area contributed by atoms with Gasteiger partial charge < -0.3 is 9.64 Å². The van der Waals surface area contributed by atoms with Crippen LogP contribution in [-0.4, -0.2) is 54.7 Å². The van der Waals surface area contributed by atoms with E-state index in [1.54, 1.807) is 6.20 Å². The summed E-state index contributed by atoms with van der Waals surface area (Å²) in [5.74, 6) is -0.293. The van der Waals surface area contributed by atoms with E-state index in [1.165, 1.54) is 0 Å². The Labute approximate surface area is 106 Å². The minimum atomic E-state index is -0.293. The lowest BCUT2D eigenvalue weighted by atomic mass is 10.0. The minimum Gasteiger partial charge on any atom is -0.462 e. The molecule has 96 valence electrons. The summed E-state index contributed by atoms with van der Waals surface area (Å²) in [6.07, 6.45) is 3.40. The number of ether oxygens (including phenoxy) is 1. The second-order valence-corrected chi connectivity index (χ2v) is 4.76. The van der Waals surface area contributed by atoms with E-state index in [4.69, 9.17) is 4.74 Å². The van der Waals surface area contributed by atoms with Crippen LogP contribution in [-0.2, 0) is 4.74 Å². The number of anilines is 1. The number of nitrogens with zero attached hydrogens (tertiary/aromatic N) is 3. The number of piperazine rings is 2. The predicted molar refractivity (Wildman–Crippen MR) is 67.8 cm³/mol. The highest BCUT2D eigenvalue weighted by Gasteiger charge is 2.36. The third-order valence-corrected chi connectivity index (χ3v) is 3.60. The second kappa shape index (κ2) is 4.57. The summed E-state index contributed by atoms with van der Waals surface area (Å²) in [5.41, 5.74) is 1.57. The molecule has 0 aliphatic carbocycles. The van der Waals surface area contributed by atoms with Crippen LogP contribution in [0.5, 0.6) is 0 Å². The fourth-order valence-corrected chi connectivity index (χ4v) is 2.60. The van der Waals surface area contributed by atoms with Crippen LogP contribution in [0.1, 0.15) is 17.3 Å². The molecule has 0 unspecified atom stereocenters. The Bertz CT molecular complexity index is 455. The average molecular weight is 247 g/mol. The lowest BCUT2D eigenvalue weighted by Gasteiger charge is -2.52. The highest BCUT2D eigenvalue weighted by atomic mass is 16.5. The molecule has 3 aliphatic rings. The molecule has 0 amide bonds. The number of aromatic nitrogens is 1. The van der Waals surface area contributed by atoms with Gasteiger partial charge in [-0.05, 0) is 13.0 Å². The van der Waals surface area contributed by atoms with Crippen molar-refractivity contribution in [3.63, 3.8) is 0 Å². The van der Waals surface area contributed by atoms with E-state index >= 15 is 0 Å². The molecule has 0 radical (unpaired) electrons. The molecular formula is C13H17N3O2. The number of carbonyl (C=O) groups excluding carboxylic acids is 1. The lowest BCUT2D eigenvalue weighted by Crippen LogP contribution is -2.66. The summed E-state index contributed by atoms with van der Waals surface area (Å²) in [7, 11) is 0. The molecule has 3 saturated heterocycles. The molecule has 0 N–H and O–H groups in total. The van der Waals surface area contributed by atoms with E-state index in [0.717, 1.165) is 31.9 Å². The Kier molecular flexibility index (Phi) is 2.91. The number of pyridine rings is 1. The van der Waals surface area contributed by atoms with E-state index in [0.29, 0.717) is 18.2 Å². The predicted octanol–water partition coefficient (Wildman–Crippen LogP) is 0.762. The Hall–Kier alpha value is -1.62. The maximum atomic E-state index is 11.7. The molecule has 5 heteroatoms. The maximum Gasteiger partial charge on any atom is 0.339 e. The van der Waals surface area contributed by atoms with Crippen LogP contribution in [0.25, 0.3) is 0 Å². The van der Waals surface area contributed by atoms with E-state index in [-0.39, 0.29) is 5.97 Å². The zero-order valence-corrected chi connectivity index (χ0v) is 10.5. The van der Waals surface area contributed by atoms with Crippen LogP contribution < -0.4 is 4.90 Å². The van der Waals surface area contributed by atoms with Crippen LogP contribution in [0.4, 0.5) is 5.69 Å². The van der Waals surface area contributed by atoms with Crippen molar-refractivity contribution in [2.75, 3.05) is 37.7 Å². The normalized spacial score (nSPS) is 25.5. The quantitative estimate of drug-likeness (QED) is 0.738. The van der Waals surface area contributed by atoms with E-state index < -0.39 is 0 Å². The molecule has 4 heterocycles. The molecule has 5 nitrogen and oxygen atoms in total. The minimum absolute atomic E-state index is 0.293. The standard InChI is InChI=1S/C13H17N3O2/c1-2-18-13(17)10-5-11(7-14-6-10)16-4-3-15-8-12(16)9-15/h5-7,12H,2-4,8-9H2,1H3. The van der Waals surface area contributed by atoms with Gasteiger partial charge in [-0.3, -0.25) is 9.88 Å². The van der Waals surface area contributed by atoms with Crippen LogP contribution in [0, 0.1) is 0 Å². The molecule has 2 bridgehead atoms. The fraction of sp³-hybridized carbons (Fsp3) is 0.538. The third-order valence-electron chi connectivity index (χ3n) is 3.60. The Balaban J connectivity index is 1.79. The first kappa shape index (κ1) is 11.5. The van der Waals surface area contributed by atoms with E-state index in [1.807, 2.05) is 19.2 Å². The highest BCUT2D eigenvalue weighted by molar-refractivity contribution is 5.90. The summed E-state index contributed by atoms with van der Waals surface area (Å²) < 4.78 is 5.00. The molecule has 0 aromatic carbocycles. The third kappa shape index (κ3) is 1.95. The number of rotatable bonds is 3. The summed E-state index contributed by atoms with van der Waals surface area (Å²) >= 11 is 0. The molecule has 1 aromatic heterocycles. The Morgan fingerprint density at radius 1 is 1.44 bits per heavy atom. The van der Waals surface area contributed by atoms with Crippen LogP contribution in [0.3, 0.4) is 0 Å². The van der Waals surface area contributed by atoms with Crippen LogP contribution >= 0.6 is 0 Å². The zero-order valence-electron chi connectivity index (χ0n) is 10.5. The summed E-state index contributed by atoms with van der Waals surface area (Å²) in [4.78, 5) is 20.6. The zero-order chi connectivity index (χ0) is 12.5. The molecular weight excluding hydrogens is 230 g/mol. The molecule has 3 fully saturated rings. The topological polar surface area (TPSA) is 45.7 Å². The smallest absolute Gasteiger partial charge is 0.339 e. The van der Waals surface area contributed by atoms with Gasteiger partial charge in [-0.15, -0.1) is 0 Å². The Morgan fingerprint density at radius 3 is 2.94 bits per heavy atom. The molecule has 3 aliphatic heterocycles. The number of hydrogen-bond donors (Lipinski definition) is 0. The Morgan fingerprint density at radius 2 is 2.28 bits per heavy atom. The SMILES string of the molecule is CCOC(=O)c1cncc(N2CCN3CC2C3)c1. The lowest BCUT2D eigenvalue weighted by molar-refractivity contribution is 0.0525. The summed E-state index contributed by atoms with van der Waals surface area (Å²) in [6.45, 7) is 6.57. The number of fused-ring (bicyclic) bond motifs is 2. The summed E-state index contributed by atoms with van der Waals surface area (Å²) in [5, 5.41) is 0. The van der Waals surface area contributed by atoms with Gasteiger partial charge in [-0.25, -0.2) is 4.79 Å². The first-order chi connectivity index (χ1) is 8.78. The van der Waals surface area contributed by atoms with Crippen molar-refractivity contribution < 1.29 is 9.53 Å². The van der Waals surface area contributed by atoms with Gasteiger partial charge in [0.2, 0.25) is 0 Å². The van der Waals surface area contributed by atoms with E-state index in [2.05, 4.69) is 14.8 Å². The van der Waals surface area contributed by atoms with Crippen molar-refractivity contribution in [1.29, 1.82) is 0 Å². The fourth-order valence-electron chi connectivity index (χ4n) is 2.60. The van der Waals surface area contributed by atoms with Crippen molar-refractivity contribution in [3.05, 3.63) is 24.0 Å². The molecule has 1 aromatic rings. The largest absolute Gasteiger partial charge is 0.462 e. The van der Waals surface area contributed by atoms with Crippen molar-refractivity contribution in [1.82, 2.24) is 9.88 Å². The van der Waals surface area contributed by atoms with Gasteiger partial charge in [0.05, 0.1) is 30.1 Å². The molecule has 4 rings (SSSR count). The average Bonchev–Trinajstić information content (AvgIpc) is 2.38. The van der Waals surface area contributed by atoms with Gasteiger partial charge in [-0.2, -0.15) is 0 Å². The molecule has 0 saturated carbocycles. The van der Waals surface area contributed by atoms with Gasteiger partial charge in [0.1, 0.15) is 0 Å². The second-order valence-electron chi connectivity index (χ2n) is 4.76.